The second-order valence-corrected chi connectivity index (χ2v) is 5.43. The summed E-state index contributed by atoms with van der Waals surface area (Å²) >= 11 is 7.04. The molecular formula is C10H8BrFN2O3S. The van der Waals surface area contributed by atoms with Crippen LogP contribution >= 0.6 is 28.6 Å². The summed E-state index contributed by atoms with van der Waals surface area (Å²) in [4.78, 5) is 23.0. The number of halogens is 2. The maximum atomic E-state index is 13.7. The van der Waals surface area contributed by atoms with Crippen molar-refractivity contribution < 1.29 is 14.1 Å². The number of thiol groups is 1. The number of anilines is 1. The van der Waals surface area contributed by atoms with Gasteiger partial charge in [0.25, 0.3) is 0 Å². The molecular weight excluding hydrogens is 327 g/mol. The molecule has 0 bridgehead atoms. The van der Waals surface area contributed by atoms with Gasteiger partial charge in [-0.05, 0) is 28.1 Å². The third kappa shape index (κ3) is 2.22. The van der Waals surface area contributed by atoms with E-state index in [1.54, 1.807) is 0 Å². The molecule has 0 N–H and O–H groups in total. The summed E-state index contributed by atoms with van der Waals surface area (Å²) in [6, 6.07) is 2.70. The number of nitrogens with zero attached hydrogens (tertiary/aromatic N) is 2. The smallest absolute Gasteiger partial charge is 0.305 e. The molecule has 8 heteroatoms. The number of nitro groups is 1. The SMILES string of the molecule is O=C1CC(S)CN1c1ccc(Br)c(F)c1[N+](=O)[O-]. The minimum absolute atomic E-state index is 0.00739. The number of carbonyl (C=O) groups excluding carboxylic acids is 1. The molecule has 0 spiro atoms. The van der Waals surface area contributed by atoms with Crippen LogP contribution in [-0.4, -0.2) is 22.6 Å². The average molecular weight is 335 g/mol. The first-order valence-electron chi connectivity index (χ1n) is 5.02. The highest BCUT2D eigenvalue weighted by atomic mass is 79.9. The van der Waals surface area contributed by atoms with E-state index in [9.17, 15) is 19.3 Å². The van der Waals surface area contributed by atoms with Crippen molar-refractivity contribution >= 4 is 45.8 Å². The lowest BCUT2D eigenvalue weighted by molar-refractivity contribution is -0.386. The Morgan fingerprint density at radius 2 is 2.22 bits per heavy atom. The van der Waals surface area contributed by atoms with Gasteiger partial charge in [-0.1, -0.05) is 0 Å². The van der Waals surface area contributed by atoms with Gasteiger partial charge in [0.15, 0.2) is 0 Å². The molecule has 1 aliphatic rings. The molecule has 1 fully saturated rings. The fraction of sp³-hybridized carbons (Fsp3) is 0.300. The molecule has 1 aliphatic heterocycles. The second kappa shape index (κ2) is 4.85. The topological polar surface area (TPSA) is 63.5 Å². The molecule has 5 nitrogen and oxygen atoms in total. The van der Waals surface area contributed by atoms with Crippen LogP contribution in [0.25, 0.3) is 0 Å². The summed E-state index contributed by atoms with van der Waals surface area (Å²) in [6.07, 6.45) is 0.192. The number of hydrogen-bond donors (Lipinski definition) is 1. The molecule has 96 valence electrons. The number of benzene rings is 1. The van der Waals surface area contributed by atoms with E-state index in [4.69, 9.17) is 0 Å². The van der Waals surface area contributed by atoms with Crippen LogP contribution in [0.5, 0.6) is 0 Å². The van der Waals surface area contributed by atoms with Crippen molar-refractivity contribution in [3.8, 4) is 0 Å². The van der Waals surface area contributed by atoms with E-state index >= 15 is 0 Å². The molecule has 0 aliphatic carbocycles. The van der Waals surface area contributed by atoms with Gasteiger partial charge in [-0.25, -0.2) is 0 Å². The minimum atomic E-state index is -0.979. The maximum absolute atomic E-state index is 13.7. The van der Waals surface area contributed by atoms with Crippen LogP contribution in [0.1, 0.15) is 6.42 Å². The standard InChI is InChI=1S/C10H8BrFN2O3S/c11-6-1-2-7(10(9(6)12)14(16)17)13-4-5(18)3-8(13)15/h1-2,5,18H,3-4H2. The zero-order valence-electron chi connectivity index (χ0n) is 8.97. The molecule has 1 saturated heterocycles. The van der Waals surface area contributed by atoms with Gasteiger partial charge in [0.2, 0.25) is 11.7 Å². The molecule has 1 atom stereocenters. The molecule has 1 aromatic carbocycles. The Kier molecular flexibility index (Phi) is 3.58. The van der Waals surface area contributed by atoms with Gasteiger partial charge in [0, 0.05) is 18.2 Å². The van der Waals surface area contributed by atoms with Crippen LogP contribution in [0, 0.1) is 15.9 Å². The van der Waals surface area contributed by atoms with Gasteiger partial charge < -0.3 is 4.90 Å². The van der Waals surface area contributed by atoms with Crippen molar-refractivity contribution in [1.29, 1.82) is 0 Å². The number of rotatable bonds is 2. The van der Waals surface area contributed by atoms with E-state index in [0.29, 0.717) is 0 Å². The van der Waals surface area contributed by atoms with Crippen LogP contribution in [0.15, 0.2) is 16.6 Å². The van der Waals surface area contributed by atoms with Crippen molar-refractivity contribution in [2.45, 2.75) is 11.7 Å². The normalized spacial score (nSPS) is 19.4. The van der Waals surface area contributed by atoms with Crippen LogP contribution in [-0.2, 0) is 4.79 Å². The van der Waals surface area contributed by atoms with E-state index in [0.717, 1.165) is 0 Å². The maximum Gasteiger partial charge on any atom is 0.329 e. The van der Waals surface area contributed by atoms with Gasteiger partial charge in [-0.15, -0.1) is 0 Å². The highest BCUT2D eigenvalue weighted by Crippen LogP contribution is 2.37. The fourth-order valence-corrected chi connectivity index (χ4v) is 2.48. The molecule has 1 unspecified atom stereocenters. The van der Waals surface area contributed by atoms with E-state index in [1.807, 2.05) is 0 Å². The third-order valence-corrected chi connectivity index (χ3v) is 3.58. The van der Waals surface area contributed by atoms with Gasteiger partial charge in [-0.2, -0.15) is 17.0 Å². The second-order valence-electron chi connectivity index (χ2n) is 3.85. The zero-order chi connectivity index (χ0) is 13.4. The highest BCUT2D eigenvalue weighted by Gasteiger charge is 2.34. The highest BCUT2D eigenvalue weighted by molar-refractivity contribution is 9.10. The lowest BCUT2D eigenvalue weighted by Gasteiger charge is -2.16. The summed E-state index contributed by atoms with van der Waals surface area (Å²) < 4.78 is 13.7. The molecule has 18 heavy (non-hydrogen) atoms. The monoisotopic (exact) mass is 334 g/mol. The summed E-state index contributed by atoms with van der Waals surface area (Å²) in [5.41, 5.74) is -0.720. The van der Waals surface area contributed by atoms with Crippen molar-refractivity contribution in [2.75, 3.05) is 11.4 Å². The Morgan fingerprint density at radius 3 is 2.72 bits per heavy atom. The van der Waals surface area contributed by atoms with Crippen LogP contribution in [0.4, 0.5) is 15.8 Å². The fourth-order valence-electron chi connectivity index (χ4n) is 1.84. The first-order valence-corrected chi connectivity index (χ1v) is 6.33. The number of carbonyl (C=O) groups is 1. The Bertz CT molecular complexity index is 540. The summed E-state index contributed by atoms with van der Waals surface area (Å²) in [5, 5.41) is 10.7. The molecule has 1 aromatic rings. The Morgan fingerprint density at radius 1 is 1.56 bits per heavy atom. The number of hydrogen-bond acceptors (Lipinski definition) is 4. The van der Waals surface area contributed by atoms with Crippen LogP contribution in [0.2, 0.25) is 0 Å². The van der Waals surface area contributed by atoms with Crippen molar-refractivity contribution in [1.82, 2.24) is 0 Å². The largest absolute Gasteiger partial charge is 0.329 e. The Balaban J connectivity index is 2.54. The van der Waals surface area contributed by atoms with Gasteiger partial charge in [-0.3, -0.25) is 14.9 Å². The molecule has 0 saturated carbocycles. The molecule has 2 rings (SSSR count). The number of nitro benzene ring substituents is 1. The zero-order valence-corrected chi connectivity index (χ0v) is 11.4. The summed E-state index contributed by atoms with van der Waals surface area (Å²) in [7, 11) is 0. The van der Waals surface area contributed by atoms with Crippen molar-refractivity contribution in [2.24, 2.45) is 0 Å². The first kappa shape index (κ1) is 13.3. The van der Waals surface area contributed by atoms with Gasteiger partial charge in [0.1, 0.15) is 5.69 Å². The lowest BCUT2D eigenvalue weighted by atomic mass is 10.2. The van der Waals surface area contributed by atoms with Crippen LogP contribution in [0.3, 0.4) is 0 Å². The van der Waals surface area contributed by atoms with E-state index in [2.05, 4.69) is 28.6 Å². The first-order chi connectivity index (χ1) is 8.41. The Hall–Kier alpha value is -1.15. The van der Waals surface area contributed by atoms with Gasteiger partial charge >= 0.3 is 5.69 Å². The van der Waals surface area contributed by atoms with Crippen LogP contribution < -0.4 is 4.90 Å². The van der Waals surface area contributed by atoms with Gasteiger partial charge in [0.05, 0.1) is 9.40 Å². The molecule has 0 aromatic heterocycles. The quantitative estimate of drug-likeness (QED) is 0.513. The lowest BCUT2D eigenvalue weighted by Crippen LogP contribution is -2.25. The van der Waals surface area contributed by atoms with E-state index in [-0.39, 0.29) is 34.3 Å². The van der Waals surface area contributed by atoms with Crippen molar-refractivity contribution in [3.05, 3.63) is 32.5 Å². The molecule has 0 radical (unpaired) electrons. The van der Waals surface area contributed by atoms with E-state index in [1.165, 1.54) is 17.0 Å². The third-order valence-electron chi connectivity index (χ3n) is 2.63. The molecule has 1 amide bonds. The molecule has 1 heterocycles. The Labute approximate surface area is 116 Å². The number of amides is 1. The average Bonchev–Trinajstić information content (AvgIpc) is 2.61. The van der Waals surface area contributed by atoms with E-state index < -0.39 is 16.4 Å². The van der Waals surface area contributed by atoms with Crippen molar-refractivity contribution in [3.63, 3.8) is 0 Å². The summed E-state index contributed by atoms with van der Waals surface area (Å²) in [6.45, 7) is 0.240. The minimum Gasteiger partial charge on any atom is -0.305 e. The predicted molar refractivity (Wildman–Crippen MR) is 70.5 cm³/mol. The summed E-state index contributed by atoms with van der Waals surface area (Å²) in [5.74, 6) is -1.27. The predicted octanol–water partition coefficient (Wildman–Crippen LogP) is 2.53.